The first kappa shape index (κ1) is 35.0. The molecular formula is C37H35F4N7O4. The number of anilines is 2. The number of fused-ring (bicyclic) bond motifs is 1. The average Bonchev–Trinajstić information content (AvgIpc) is 3.26. The van der Waals surface area contributed by atoms with E-state index >= 15 is 8.78 Å². The number of alkyl halides is 2. The van der Waals surface area contributed by atoms with E-state index in [4.69, 9.17) is 41.1 Å². The van der Waals surface area contributed by atoms with Crippen LogP contribution in [-0.2, 0) is 4.74 Å². The molecule has 0 aliphatic carbocycles. The van der Waals surface area contributed by atoms with Gasteiger partial charge in [-0.2, -0.15) is 9.97 Å². The van der Waals surface area contributed by atoms with Crippen molar-refractivity contribution in [2.24, 2.45) is 0 Å². The van der Waals surface area contributed by atoms with Crippen molar-refractivity contribution in [1.82, 2.24) is 24.8 Å². The molecule has 0 bridgehead atoms. The Bertz CT molecular complexity index is 2200. The maximum absolute atomic E-state index is 17.3. The van der Waals surface area contributed by atoms with Crippen LogP contribution in [0.15, 0.2) is 42.6 Å². The first-order valence-corrected chi connectivity index (χ1v) is 16.6. The minimum Gasteiger partial charge on any atom is -0.472 e. The Balaban J connectivity index is 1.45. The summed E-state index contributed by atoms with van der Waals surface area (Å²) in [5, 5.41) is 0.855. The lowest BCUT2D eigenvalue weighted by atomic mass is 9.95. The standard InChI is InChI=1S/C37H35F4N7O4/c1-5-24-27(38)9-8-21-13-23(51-18-49-4)14-26(29(21)24)32-31(41)33-30-35(46-37(45-33)50-17-22-10-12-47(22)16-28(39)40)48(15-19(2)52-36(30)44-32)20(3)25-7-6-11-43-34(25)42/h1,6-9,11,13-14,19-20,22,28H,10,12,15-18H2,2-4H3,(H2,42,43)/t19-,20?,22-/m0/s1. The third-order valence-electron chi connectivity index (χ3n) is 9.37. The third-order valence-corrected chi connectivity index (χ3v) is 9.37. The minimum atomic E-state index is -2.50. The Kier molecular flexibility index (Phi) is 9.60. The number of nitrogen functional groups attached to an aromatic ring is 1. The van der Waals surface area contributed by atoms with Crippen molar-refractivity contribution >= 4 is 33.3 Å². The van der Waals surface area contributed by atoms with Crippen molar-refractivity contribution in [3.05, 3.63) is 65.4 Å². The number of ether oxygens (including phenoxy) is 4. The molecule has 1 unspecified atom stereocenters. The van der Waals surface area contributed by atoms with Crippen LogP contribution in [0.3, 0.4) is 0 Å². The molecule has 3 atom stereocenters. The number of pyridine rings is 2. The second-order valence-corrected chi connectivity index (χ2v) is 12.7. The Morgan fingerprint density at radius 3 is 2.65 bits per heavy atom. The molecule has 5 aromatic rings. The van der Waals surface area contributed by atoms with Gasteiger partial charge in [-0.15, -0.1) is 6.42 Å². The van der Waals surface area contributed by atoms with Crippen LogP contribution in [0.5, 0.6) is 17.6 Å². The van der Waals surface area contributed by atoms with Gasteiger partial charge in [-0.3, -0.25) is 4.90 Å². The van der Waals surface area contributed by atoms with Crippen LogP contribution in [0.25, 0.3) is 32.9 Å². The fraction of sp³-hybridized carbons (Fsp3) is 0.351. The van der Waals surface area contributed by atoms with Gasteiger partial charge in [0.15, 0.2) is 12.6 Å². The van der Waals surface area contributed by atoms with Gasteiger partial charge in [0, 0.05) is 42.4 Å². The van der Waals surface area contributed by atoms with Crippen LogP contribution in [-0.4, -0.2) is 83.6 Å². The molecule has 270 valence electrons. The summed E-state index contributed by atoms with van der Waals surface area (Å²) in [6.07, 6.45) is 4.99. The number of likely N-dealkylation sites (tertiary alicyclic amines) is 1. The molecule has 0 radical (unpaired) electrons. The zero-order valence-corrected chi connectivity index (χ0v) is 28.6. The van der Waals surface area contributed by atoms with E-state index in [1.165, 1.54) is 25.3 Å². The number of rotatable bonds is 11. The van der Waals surface area contributed by atoms with Crippen molar-refractivity contribution in [3.63, 3.8) is 0 Å². The quantitative estimate of drug-likeness (QED) is 0.0965. The molecule has 2 N–H and O–H groups in total. The van der Waals surface area contributed by atoms with Crippen LogP contribution in [0.4, 0.5) is 29.2 Å². The van der Waals surface area contributed by atoms with Crippen LogP contribution in [0, 0.1) is 24.0 Å². The number of nitrogens with two attached hydrogens (primary N) is 1. The predicted octanol–water partition coefficient (Wildman–Crippen LogP) is 6.13. The van der Waals surface area contributed by atoms with Gasteiger partial charge in [0.05, 0.1) is 24.7 Å². The normalized spacial score (nSPS) is 17.8. The number of methoxy groups -OCH3 is 1. The van der Waals surface area contributed by atoms with E-state index in [0.29, 0.717) is 29.7 Å². The molecule has 0 spiro atoms. The maximum atomic E-state index is 17.3. The Morgan fingerprint density at radius 2 is 1.94 bits per heavy atom. The van der Waals surface area contributed by atoms with Crippen LogP contribution < -0.4 is 24.8 Å². The summed E-state index contributed by atoms with van der Waals surface area (Å²) in [7, 11) is 1.45. The third kappa shape index (κ3) is 6.44. The van der Waals surface area contributed by atoms with Gasteiger partial charge in [0.25, 0.3) is 6.43 Å². The van der Waals surface area contributed by atoms with Gasteiger partial charge in [-0.1, -0.05) is 18.1 Å². The van der Waals surface area contributed by atoms with E-state index in [2.05, 4.69) is 15.9 Å². The van der Waals surface area contributed by atoms with Crippen molar-refractivity contribution in [3.8, 4) is 41.2 Å². The number of terminal acetylenes is 1. The number of hydrogen-bond acceptors (Lipinski definition) is 11. The molecule has 5 heterocycles. The van der Waals surface area contributed by atoms with E-state index in [1.54, 1.807) is 23.2 Å². The van der Waals surface area contributed by atoms with Crippen molar-refractivity contribution in [2.45, 2.75) is 44.9 Å². The predicted molar refractivity (Wildman–Crippen MR) is 187 cm³/mol. The summed E-state index contributed by atoms with van der Waals surface area (Å²) < 4.78 is 82.0. The molecule has 0 saturated carbocycles. The molecule has 7 rings (SSSR count). The lowest BCUT2D eigenvalue weighted by Crippen LogP contribution is -2.52. The highest BCUT2D eigenvalue weighted by Crippen LogP contribution is 2.45. The second kappa shape index (κ2) is 14.3. The lowest BCUT2D eigenvalue weighted by molar-refractivity contribution is -0.00331. The van der Waals surface area contributed by atoms with E-state index in [0.717, 1.165) is 0 Å². The van der Waals surface area contributed by atoms with Gasteiger partial charge in [0.2, 0.25) is 5.88 Å². The maximum Gasteiger partial charge on any atom is 0.319 e. The molecule has 0 amide bonds. The monoisotopic (exact) mass is 717 g/mol. The summed E-state index contributed by atoms with van der Waals surface area (Å²) in [6.45, 7) is 3.99. The Hall–Kier alpha value is -5.46. The second-order valence-electron chi connectivity index (χ2n) is 12.7. The van der Waals surface area contributed by atoms with E-state index < -0.39 is 30.2 Å². The van der Waals surface area contributed by atoms with E-state index in [9.17, 15) is 8.78 Å². The van der Waals surface area contributed by atoms with Gasteiger partial charge >= 0.3 is 6.01 Å². The highest BCUT2D eigenvalue weighted by molar-refractivity contribution is 6.04. The number of hydrogen-bond donors (Lipinski definition) is 1. The number of aromatic nitrogens is 4. The molecule has 3 aromatic heterocycles. The molecule has 2 aromatic carbocycles. The molecule has 2 aliphatic rings. The minimum absolute atomic E-state index is 0.00355. The number of benzene rings is 2. The average molecular weight is 718 g/mol. The molecule has 2 aliphatic heterocycles. The smallest absolute Gasteiger partial charge is 0.319 e. The molecule has 1 fully saturated rings. The SMILES string of the molecule is C#Cc1c(F)ccc2cc(OCOC)cc(-c3nc4c5c(nc(OC[C@@H]6CCN6CC(F)F)nc5c3F)N(C(C)c3cccnc3N)C[C@H](C)O4)c12. The summed E-state index contributed by atoms with van der Waals surface area (Å²) in [5.74, 6) is 1.69. The lowest BCUT2D eigenvalue weighted by Gasteiger charge is -2.40. The highest BCUT2D eigenvalue weighted by atomic mass is 19.3. The highest BCUT2D eigenvalue weighted by Gasteiger charge is 2.35. The van der Waals surface area contributed by atoms with Gasteiger partial charge < -0.3 is 29.6 Å². The van der Waals surface area contributed by atoms with Crippen LogP contribution in [0.1, 0.15) is 37.4 Å². The Labute approximate surface area is 296 Å². The first-order valence-electron chi connectivity index (χ1n) is 16.6. The topological polar surface area (TPSA) is 121 Å². The zero-order chi connectivity index (χ0) is 36.7. The summed E-state index contributed by atoms with van der Waals surface area (Å²) in [5.41, 5.74) is 6.58. The molecular weight excluding hydrogens is 682 g/mol. The van der Waals surface area contributed by atoms with Gasteiger partial charge in [-0.25, -0.2) is 27.5 Å². The summed E-state index contributed by atoms with van der Waals surface area (Å²) >= 11 is 0. The summed E-state index contributed by atoms with van der Waals surface area (Å²) in [6, 6.07) is 8.55. The molecule has 15 heteroatoms. The largest absolute Gasteiger partial charge is 0.472 e. The van der Waals surface area contributed by atoms with Crippen molar-refractivity contribution in [2.75, 3.05) is 50.8 Å². The summed E-state index contributed by atoms with van der Waals surface area (Å²) in [4.78, 5) is 21.7. The molecule has 52 heavy (non-hydrogen) atoms. The van der Waals surface area contributed by atoms with Crippen LogP contribution in [0.2, 0.25) is 0 Å². The van der Waals surface area contributed by atoms with E-state index in [1.807, 2.05) is 24.8 Å². The van der Waals surface area contributed by atoms with Crippen molar-refractivity contribution < 1.29 is 36.5 Å². The fourth-order valence-electron chi connectivity index (χ4n) is 6.75. The van der Waals surface area contributed by atoms with Gasteiger partial charge in [-0.05, 0) is 49.9 Å². The first-order chi connectivity index (χ1) is 25.1. The number of halogens is 4. The Morgan fingerprint density at radius 1 is 1.12 bits per heavy atom. The van der Waals surface area contributed by atoms with Crippen LogP contribution >= 0.6 is 0 Å². The van der Waals surface area contributed by atoms with Gasteiger partial charge in [0.1, 0.15) is 52.5 Å². The van der Waals surface area contributed by atoms with Crippen molar-refractivity contribution in [1.29, 1.82) is 0 Å². The zero-order valence-electron chi connectivity index (χ0n) is 28.6. The van der Waals surface area contributed by atoms with E-state index in [-0.39, 0.29) is 89.1 Å². The number of nitrogens with zero attached hydrogens (tertiary/aromatic N) is 6. The fourth-order valence-corrected chi connectivity index (χ4v) is 6.75. The molecule has 11 nitrogen and oxygen atoms in total. The molecule has 1 saturated heterocycles.